The summed E-state index contributed by atoms with van der Waals surface area (Å²) in [5.41, 5.74) is 0.945. The van der Waals surface area contributed by atoms with E-state index in [9.17, 15) is 0 Å². The molecule has 1 aromatic heterocycles. The van der Waals surface area contributed by atoms with E-state index in [0.717, 1.165) is 35.6 Å². The number of fused-ring (bicyclic) bond motifs is 1. The molecule has 1 fully saturated rings. The molecule has 20 heavy (non-hydrogen) atoms. The molecule has 0 N–H and O–H groups in total. The second-order valence-electron chi connectivity index (χ2n) is 5.93. The highest BCUT2D eigenvalue weighted by Gasteiger charge is 2.24. The van der Waals surface area contributed by atoms with E-state index in [2.05, 4.69) is 34.8 Å². The summed E-state index contributed by atoms with van der Waals surface area (Å²) in [5.74, 6) is 3.31. The lowest BCUT2D eigenvalue weighted by Crippen LogP contribution is -2.39. The van der Waals surface area contributed by atoms with E-state index >= 15 is 0 Å². The molecule has 0 amide bonds. The Morgan fingerprint density at radius 1 is 1.15 bits per heavy atom. The fraction of sp³-hybridized carbons (Fsp3) is 0.500. The van der Waals surface area contributed by atoms with Crippen molar-refractivity contribution in [2.24, 2.45) is 11.8 Å². The van der Waals surface area contributed by atoms with Crippen molar-refractivity contribution in [2.75, 3.05) is 25.1 Å². The zero-order valence-electron chi connectivity index (χ0n) is 12.3. The summed E-state index contributed by atoms with van der Waals surface area (Å²) in [7, 11) is 1.68. The molecule has 1 aliphatic heterocycles. The van der Waals surface area contributed by atoms with Crippen LogP contribution in [0.15, 0.2) is 24.5 Å². The molecule has 1 aliphatic rings. The van der Waals surface area contributed by atoms with Crippen molar-refractivity contribution < 1.29 is 4.74 Å². The molecule has 4 nitrogen and oxygen atoms in total. The molecule has 1 aromatic carbocycles. The number of anilines is 1. The third-order valence-electron chi connectivity index (χ3n) is 3.99. The average molecular weight is 271 g/mol. The number of piperidine rings is 1. The molecule has 2 atom stereocenters. The Labute approximate surface area is 119 Å². The Hall–Kier alpha value is -1.84. The van der Waals surface area contributed by atoms with Crippen molar-refractivity contribution >= 4 is 16.7 Å². The molecule has 106 valence electrons. The molecule has 0 spiro atoms. The first-order valence-electron chi connectivity index (χ1n) is 7.21. The van der Waals surface area contributed by atoms with Gasteiger partial charge < -0.3 is 9.64 Å². The highest BCUT2D eigenvalue weighted by Crippen LogP contribution is 2.30. The molecule has 0 radical (unpaired) electrons. The lowest BCUT2D eigenvalue weighted by atomic mass is 9.92. The van der Waals surface area contributed by atoms with E-state index in [-0.39, 0.29) is 0 Å². The minimum absolute atomic E-state index is 0.710. The van der Waals surface area contributed by atoms with Gasteiger partial charge in [-0.15, -0.1) is 0 Å². The van der Waals surface area contributed by atoms with Crippen LogP contribution in [-0.4, -0.2) is 30.2 Å². The molecule has 0 aliphatic carbocycles. The van der Waals surface area contributed by atoms with E-state index in [0.29, 0.717) is 11.8 Å². The van der Waals surface area contributed by atoms with Crippen molar-refractivity contribution in [2.45, 2.75) is 20.3 Å². The third-order valence-corrected chi connectivity index (χ3v) is 3.99. The maximum atomic E-state index is 5.27. The summed E-state index contributed by atoms with van der Waals surface area (Å²) in [4.78, 5) is 11.3. The summed E-state index contributed by atoms with van der Waals surface area (Å²) in [6.07, 6.45) is 2.95. The number of aromatic nitrogens is 2. The van der Waals surface area contributed by atoms with Crippen LogP contribution in [0.25, 0.3) is 10.9 Å². The number of benzene rings is 1. The number of hydrogen-bond acceptors (Lipinski definition) is 4. The van der Waals surface area contributed by atoms with Crippen LogP contribution in [0.5, 0.6) is 5.75 Å². The number of nitrogens with zero attached hydrogens (tertiary/aromatic N) is 3. The first-order valence-corrected chi connectivity index (χ1v) is 7.21. The van der Waals surface area contributed by atoms with Crippen molar-refractivity contribution in [1.82, 2.24) is 9.97 Å². The van der Waals surface area contributed by atoms with Crippen LogP contribution in [0.2, 0.25) is 0 Å². The average Bonchev–Trinajstić information content (AvgIpc) is 2.45. The first kappa shape index (κ1) is 13.2. The summed E-state index contributed by atoms with van der Waals surface area (Å²) in [6, 6.07) is 6.01. The standard InChI is InChI=1S/C16H21N3O/c1-11-6-12(2)9-19(8-11)16-14-5-4-13(20-3)7-15(14)17-10-18-16/h4-5,7,10-12H,6,8-9H2,1-3H3. The molecular weight excluding hydrogens is 250 g/mol. The van der Waals surface area contributed by atoms with Gasteiger partial charge in [0.1, 0.15) is 17.9 Å². The summed E-state index contributed by atoms with van der Waals surface area (Å²) in [5, 5.41) is 1.11. The van der Waals surface area contributed by atoms with Gasteiger partial charge in [0, 0.05) is 24.5 Å². The zero-order chi connectivity index (χ0) is 14.1. The van der Waals surface area contributed by atoms with Gasteiger partial charge in [0.25, 0.3) is 0 Å². The smallest absolute Gasteiger partial charge is 0.139 e. The van der Waals surface area contributed by atoms with Crippen molar-refractivity contribution in [1.29, 1.82) is 0 Å². The van der Waals surface area contributed by atoms with Crippen LogP contribution in [-0.2, 0) is 0 Å². The van der Waals surface area contributed by atoms with Gasteiger partial charge >= 0.3 is 0 Å². The SMILES string of the molecule is COc1ccc2c(N3CC(C)CC(C)C3)ncnc2c1. The monoisotopic (exact) mass is 271 g/mol. The van der Waals surface area contributed by atoms with Gasteiger partial charge in [-0.25, -0.2) is 9.97 Å². The normalized spacial score (nSPS) is 23.1. The largest absolute Gasteiger partial charge is 0.497 e. The maximum Gasteiger partial charge on any atom is 0.139 e. The van der Waals surface area contributed by atoms with Crippen LogP contribution in [0.4, 0.5) is 5.82 Å². The second-order valence-corrected chi connectivity index (χ2v) is 5.93. The molecule has 3 rings (SSSR count). The van der Waals surface area contributed by atoms with Crippen molar-refractivity contribution in [3.8, 4) is 5.75 Å². The predicted molar refractivity (Wildman–Crippen MR) is 81.2 cm³/mol. The summed E-state index contributed by atoms with van der Waals surface area (Å²) in [6.45, 7) is 6.77. The first-order chi connectivity index (χ1) is 9.67. The van der Waals surface area contributed by atoms with Gasteiger partial charge in [-0.2, -0.15) is 0 Å². The molecule has 4 heteroatoms. The number of ether oxygens (including phenoxy) is 1. The van der Waals surface area contributed by atoms with E-state index in [4.69, 9.17) is 4.74 Å². The van der Waals surface area contributed by atoms with Gasteiger partial charge in [0.05, 0.1) is 12.6 Å². The Kier molecular flexibility index (Phi) is 3.47. The molecule has 0 saturated carbocycles. The van der Waals surface area contributed by atoms with E-state index in [1.54, 1.807) is 13.4 Å². The van der Waals surface area contributed by atoms with Gasteiger partial charge in [-0.05, 0) is 30.4 Å². The molecule has 0 bridgehead atoms. The van der Waals surface area contributed by atoms with Gasteiger partial charge in [-0.1, -0.05) is 13.8 Å². The van der Waals surface area contributed by atoms with E-state index in [1.165, 1.54) is 6.42 Å². The highest BCUT2D eigenvalue weighted by molar-refractivity contribution is 5.90. The van der Waals surface area contributed by atoms with Crippen molar-refractivity contribution in [3.63, 3.8) is 0 Å². The van der Waals surface area contributed by atoms with Crippen LogP contribution in [0.1, 0.15) is 20.3 Å². The van der Waals surface area contributed by atoms with Crippen LogP contribution in [0, 0.1) is 11.8 Å². The van der Waals surface area contributed by atoms with Crippen molar-refractivity contribution in [3.05, 3.63) is 24.5 Å². The minimum Gasteiger partial charge on any atom is -0.497 e. The topological polar surface area (TPSA) is 38.2 Å². The highest BCUT2D eigenvalue weighted by atomic mass is 16.5. The second kappa shape index (κ2) is 5.27. The molecule has 1 saturated heterocycles. The van der Waals surface area contributed by atoms with Crippen LogP contribution in [0.3, 0.4) is 0 Å². The third kappa shape index (κ3) is 2.42. The number of rotatable bonds is 2. The Bertz CT molecular complexity index is 604. The van der Waals surface area contributed by atoms with Gasteiger partial charge in [0.2, 0.25) is 0 Å². The van der Waals surface area contributed by atoms with E-state index in [1.807, 2.05) is 12.1 Å². The number of hydrogen-bond donors (Lipinski definition) is 0. The molecule has 2 unspecified atom stereocenters. The van der Waals surface area contributed by atoms with E-state index < -0.39 is 0 Å². The fourth-order valence-corrected chi connectivity index (χ4v) is 3.24. The fourth-order valence-electron chi connectivity index (χ4n) is 3.24. The molecule has 2 heterocycles. The zero-order valence-corrected chi connectivity index (χ0v) is 12.3. The van der Waals surface area contributed by atoms with Gasteiger partial charge in [0.15, 0.2) is 0 Å². The molecule has 2 aromatic rings. The lowest BCUT2D eigenvalue weighted by molar-refractivity contribution is 0.356. The summed E-state index contributed by atoms with van der Waals surface area (Å²) < 4.78 is 5.27. The molecular formula is C16H21N3O. The maximum absolute atomic E-state index is 5.27. The number of methoxy groups -OCH3 is 1. The van der Waals surface area contributed by atoms with Gasteiger partial charge in [-0.3, -0.25) is 0 Å². The van der Waals surface area contributed by atoms with Crippen LogP contribution >= 0.6 is 0 Å². The summed E-state index contributed by atoms with van der Waals surface area (Å²) >= 11 is 0. The minimum atomic E-state index is 0.710. The lowest BCUT2D eigenvalue weighted by Gasteiger charge is -2.36. The quantitative estimate of drug-likeness (QED) is 0.841. The Balaban J connectivity index is 2.02. The Morgan fingerprint density at radius 3 is 2.60 bits per heavy atom. The van der Waals surface area contributed by atoms with Crippen LogP contribution < -0.4 is 9.64 Å². The predicted octanol–water partition coefficient (Wildman–Crippen LogP) is 3.12. The Morgan fingerprint density at radius 2 is 1.90 bits per heavy atom.